The number of rotatable bonds is 10. The minimum Gasteiger partial charge on any atom is -0.445 e. The monoisotopic (exact) mass is 477 g/mol. The summed E-state index contributed by atoms with van der Waals surface area (Å²) in [6.45, 7) is 3.48. The molecule has 9 nitrogen and oxygen atoms in total. The average Bonchev–Trinajstić information content (AvgIpc) is 3.82. The molecule has 2 atom stereocenters. The van der Waals surface area contributed by atoms with E-state index in [0.717, 1.165) is 56.2 Å². The third-order valence-electron chi connectivity index (χ3n) is 7.23. The maximum absolute atomic E-state index is 12.6. The molecule has 1 aliphatic heterocycles. The van der Waals surface area contributed by atoms with Crippen LogP contribution in [-0.4, -0.2) is 59.1 Å². The van der Waals surface area contributed by atoms with Crippen LogP contribution in [0.2, 0.25) is 0 Å². The number of alkyl carbamates (subject to hydrolysis) is 1. The van der Waals surface area contributed by atoms with Gasteiger partial charge in [0.2, 0.25) is 0 Å². The summed E-state index contributed by atoms with van der Waals surface area (Å²) in [7, 11) is 0. The van der Waals surface area contributed by atoms with Crippen LogP contribution in [0.25, 0.3) is 0 Å². The van der Waals surface area contributed by atoms with Crippen LogP contribution < -0.4 is 16.4 Å². The maximum Gasteiger partial charge on any atom is 0.407 e. The van der Waals surface area contributed by atoms with Crippen molar-refractivity contribution in [2.75, 3.05) is 26.3 Å². The number of likely N-dealkylation sites (tertiary alicyclic amines) is 1. The number of carbonyl (C=O) groups excluding carboxylic acids is 1. The zero-order chi connectivity index (χ0) is 24.1. The van der Waals surface area contributed by atoms with E-state index in [0.29, 0.717) is 12.5 Å². The Labute approximate surface area is 206 Å². The SMILES string of the molecule is NC(=NCNC1(c2ncccn2)CC1)[C@H]1CN(CC2CC2)CC[C@@H]1NC(=O)OCc1ccccc1. The van der Waals surface area contributed by atoms with Crippen LogP contribution in [0.15, 0.2) is 53.8 Å². The van der Waals surface area contributed by atoms with E-state index in [-0.39, 0.29) is 24.1 Å². The van der Waals surface area contributed by atoms with Crippen molar-refractivity contribution < 1.29 is 9.53 Å². The first-order valence-electron chi connectivity index (χ1n) is 12.6. The van der Waals surface area contributed by atoms with Crippen molar-refractivity contribution in [1.29, 1.82) is 0 Å². The maximum atomic E-state index is 12.6. The summed E-state index contributed by atoms with van der Waals surface area (Å²) in [5.74, 6) is 2.12. The summed E-state index contributed by atoms with van der Waals surface area (Å²) in [6.07, 6.45) is 8.55. The van der Waals surface area contributed by atoms with Crippen LogP contribution >= 0.6 is 0 Å². The van der Waals surface area contributed by atoms with Gasteiger partial charge in [-0.1, -0.05) is 30.3 Å². The van der Waals surface area contributed by atoms with Crippen molar-refractivity contribution in [1.82, 2.24) is 25.5 Å². The lowest BCUT2D eigenvalue weighted by Crippen LogP contribution is -2.55. The van der Waals surface area contributed by atoms with Gasteiger partial charge in [-0.05, 0) is 49.7 Å². The zero-order valence-electron chi connectivity index (χ0n) is 20.1. The number of aromatic nitrogens is 2. The minimum atomic E-state index is -0.413. The number of hydrogen-bond donors (Lipinski definition) is 3. The topological polar surface area (TPSA) is 118 Å². The number of amidine groups is 1. The summed E-state index contributed by atoms with van der Waals surface area (Å²) >= 11 is 0. The molecule has 3 fully saturated rings. The molecule has 1 aromatic carbocycles. The molecule has 3 aliphatic rings. The lowest BCUT2D eigenvalue weighted by Gasteiger charge is -2.38. The molecule has 1 saturated heterocycles. The number of ether oxygens (including phenoxy) is 1. The van der Waals surface area contributed by atoms with Gasteiger partial charge in [-0.2, -0.15) is 0 Å². The number of nitrogens with two attached hydrogens (primary N) is 1. The molecule has 5 rings (SSSR count). The Morgan fingerprint density at radius 1 is 1.14 bits per heavy atom. The van der Waals surface area contributed by atoms with Crippen LogP contribution in [0.1, 0.15) is 43.5 Å². The fourth-order valence-electron chi connectivity index (χ4n) is 4.79. The van der Waals surface area contributed by atoms with Crippen molar-refractivity contribution >= 4 is 11.9 Å². The summed E-state index contributed by atoms with van der Waals surface area (Å²) in [5.41, 5.74) is 7.30. The van der Waals surface area contributed by atoms with Crippen molar-refractivity contribution in [3.63, 3.8) is 0 Å². The van der Waals surface area contributed by atoms with Gasteiger partial charge in [0.25, 0.3) is 0 Å². The number of amides is 1. The smallest absolute Gasteiger partial charge is 0.407 e. The summed E-state index contributed by atoms with van der Waals surface area (Å²) in [5, 5.41) is 6.55. The highest BCUT2D eigenvalue weighted by atomic mass is 16.5. The van der Waals surface area contributed by atoms with E-state index in [2.05, 4.69) is 30.5 Å². The number of benzene rings is 1. The van der Waals surface area contributed by atoms with Gasteiger partial charge in [-0.25, -0.2) is 14.8 Å². The van der Waals surface area contributed by atoms with Gasteiger partial charge < -0.3 is 20.7 Å². The number of nitrogens with one attached hydrogen (secondary N) is 2. The number of piperidine rings is 1. The van der Waals surface area contributed by atoms with Crippen molar-refractivity contribution in [2.24, 2.45) is 22.6 Å². The highest BCUT2D eigenvalue weighted by molar-refractivity contribution is 5.84. The van der Waals surface area contributed by atoms with Gasteiger partial charge >= 0.3 is 6.09 Å². The predicted molar refractivity (Wildman–Crippen MR) is 133 cm³/mol. The molecule has 1 aromatic heterocycles. The lowest BCUT2D eigenvalue weighted by atomic mass is 9.91. The zero-order valence-corrected chi connectivity index (χ0v) is 20.1. The number of hydrogen-bond acceptors (Lipinski definition) is 7. The molecule has 0 radical (unpaired) electrons. The van der Waals surface area contributed by atoms with Crippen molar-refractivity contribution in [3.8, 4) is 0 Å². The van der Waals surface area contributed by atoms with E-state index in [1.165, 1.54) is 12.8 Å². The molecule has 2 aromatic rings. The molecular formula is C26H35N7O2. The van der Waals surface area contributed by atoms with E-state index < -0.39 is 6.09 Å². The largest absolute Gasteiger partial charge is 0.445 e. The Hall–Kier alpha value is -3.04. The first-order valence-corrected chi connectivity index (χ1v) is 12.6. The molecule has 0 spiro atoms. The Bertz CT molecular complexity index is 1010. The molecule has 1 amide bonds. The Balaban J connectivity index is 1.19. The van der Waals surface area contributed by atoms with E-state index in [1.807, 2.05) is 36.4 Å². The average molecular weight is 478 g/mol. The van der Waals surface area contributed by atoms with Crippen LogP contribution in [0.4, 0.5) is 4.79 Å². The third-order valence-corrected chi connectivity index (χ3v) is 7.23. The number of nitrogens with zero attached hydrogens (tertiary/aromatic N) is 4. The van der Waals surface area contributed by atoms with Gasteiger partial charge in [0.15, 0.2) is 0 Å². The highest BCUT2D eigenvalue weighted by Crippen LogP contribution is 2.43. The molecular weight excluding hydrogens is 442 g/mol. The normalized spacial score (nSPS) is 24.1. The summed E-state index contributed by atoms with van der Waals surface area (Å²) < 4.78 is 5.47. The first-order chi connectivity index (χ1) is 17.1. The van der Waals surface area contributed by atoms with Gasteiger partial charge in [0, 0.05) is 44.0 Å². The second-order valence-electron chi connectivity index (χ2n) is 9.98. The van der Waals surface area contributed by atoms with E-state index in [9.17, 15) is 4.79 Å². The molecule has 186 valence electrons. The van der Waals surface area contributed by atoms with Crippen LogP contribution in [0, 0.1) is 11.8 Å². The molecule has 4 N–H and O–H groups in total. The number of carbonyl (C=O) groups is 1. The third kappa shape index (κ3) is 6.35. The van der Waals surface area contributed by atoms with E-state index in [4.69, 9.17) is 10.5 Å². The summed E-state index contributed by atoms with van der Waals surface area (Å²) in [6, 6.07) is 11.4. The summed E-state index contributed by atoms with van der Waals surface area (Å²) in [4.78, 5) is 28.5. The standard InChI is InChI=1S/C26H35N7O2/c27-23(30-18-31-26(10-11-26)24-28-12-4-13-29-24)21-16-33(15-19-7-8-19)14-9-22(21)32-25(34)35-17-20-5-2-1-3-6-20/h1-6,12-13,19,21-22,31H,7-11,14-18H2,(H2,27,30)(H,32,34)/t21-,22-/m0/s1. The highest BCUT2D eigenvalue weighted by Gasteiger charge is 2.46. The molecule has 2 saturated carbocycles. The molecule has 0 unspecified atom stereocenters. The minimum absolute atomic E-state index is 0.0586. The second kappa shape index (κ2) is 10.7. The fourth-order valence-corrected chi connectivity index (χ4v) is 4.79. The molecule has 2 aliphatic carbocycles. The van der Waals surface area contributed by atoms with E-state index in [1.54, 1.807) is 12.4 Å². The van der Waals surface area contributed by atoms with Crippen molar-refractivity contribution in [3.05, 3.63) is 60.2 Å². The lowest BCUT2D eigenvalue weighted by molar-refractivity contribution is 0.118. The Morgan fingerprint density at radius 3 is 2.63 bits per heavy atom. The first kappa shape index (κ1) is 23.7. The quantitative estimate of drug-likeness (QED) is 0.355. The van der Waals surface area contributed by atoms with Gasteiger partial charge in [0.1, 0.15) is 18.3 Å². The van der Waals surface area contributed by atoms with Gasteiger partial charge in [-0.3, -0.25) is 10.3 Å². The van der Waals surface area contributed by atoms with Crippen LogP contribution in [-0.2, 0) is 16.9 Å². The molecule has 35 heavy (non-hydrogen) atoms. The van der Waals surface area contributed by atoms with Crippen LogP contribution in [0.3, 0.4) is 0 Å². The predicted octanol–water partition coefficient (Wildman–Crippen LogP) is 2.40. The van der Waals surface area contributed by atoms with Gasteiger partial charge in [-0.15, -0.1) is 0 Å². The molecule has 0 bridgehead atoms. The fraction of sp³-hybridized carbons (Fsp3) is 0.538. The van der Waals surface area contributed by atoms with Crippen molar-refractivity contribution in [2.45, 2.75) is 50.3 Å². The van der Waals surface area contributed by atoms with E-state index >= 15 is 0 Å². The molecule has 2 heterocycles. The Morgan fingerprint density at radius 2 is 1.91 bits per heavy atom. The van der Waals surface area contributed by atoms with Gasteiger partial charge in [0.05, 0.1) is 12.2 Å². The van der Waals surface area contributed by atoms with Crippen LogP contribution in [0.5, 0.6) is 0 Å². The number of aliphatic imine (C=N–C) groups is 1. The molecule has 9 heteroatoms. The Kier molecular flexibility index (Phi) is 7.24. The second-order valence-corrected chi connectivity index (χ2v) is 9.98.